The molecule has 0 saturated heterocycles. The highest BCUT2D eigenvalue weighted by atomic mass is 35.5. The highest BCUT2D eigenvalue weighted by Crippen LogP contribution is 2.34. The summed E-state index contributed by atoms with van der Waals surface area (Å²) in [6.07, 6.45) is 5.82. The van der Waals surface area contributed by atoms with Crippen molar-refractivity contribution in [3.05, 3.63) is 5.28 Å². The van der Waals surface area contributed by atoms with E-state index in [2.05, 4.69) is 27.2 Å². The summed E-state index contributed by atoms with van der Waals surface area (Å²) in [6.45, 7) is 4.78. The molecule has 1 aliphatic rings. The molecular weight excluding hydrogens is 264 g/mol. The van der Waals surface area contributed by atoms with Gasteiger partial charge in [0.15, 0.2) is 0 Å². The van der Waals surface area contributed by atoms with Gasteiger partial charge in [-0.05, 0) is 36.8 Å². The normalized spacial score (nSPS) is 16.2. The molecule has 1 aromatic rings. The van der Waals surface area contributed by atoms with Gasteiger partial charge in [0.2, 0.25) is 11.2 Å². The Morgan fingerprint density at radius 1 is 1.32 bits per heavy atom. The van der Waals surface area contributed by atoms with Crippen molar-refractivity contribution in [2.75, 3.05) is 11.9 Å². The van der Waals surface area contributed by atoms with Gasteiger partial charge >= 0.3 is 6.01 Å². The lowest BCUT2D eigenvalue weighted by molar-refractivity contribution is 0.291. The molecule has 1 heterocycles. The third-order valence-corrected chi connectivity index (χ3v) is 3.33. The van der Waals surface area contributed by atoms with E-state index in [0.29, 0.717) is 24.6 Å². The first kappa shape index (κ1) is 14.3. The Morgan fingerprint density at radius 3 is 2.74 bits per heavy atom. The highest BCUT2D eigenvalue weighted by Gasteiger charge is 2.25. The monoisotopic (exact) mass is 284 g/mol. The van der Waals surface area contributed by atoms with Crippen LogP contribution in [0.5, 0.6) is 6.01 Å². The number of ether oxygens (including phenoxy) is 1. The van der Waals surface area contributed by atoms with E-state index >= 15 is 0 Å². The number of nitrogens with one attached hydrogen (secondary N) is 1. The van der Waals surface area contributed by atoms with E-state index in [9.17, 15) is 0 Å². The summed E-state index contributed by atoms with van der Waals surface area (Å²) < 4.78 is 5.40. The Kier molecular flexibility index (Phi) is 5.19. The topological polar surface area (TPSA) is 59.9 Å². The molecule has 1 atom stereocenters. The fraction of sp³-hybridized carbons (Fsp3) is 0.769. The molecule has 0 bridgehead atoms. The number of hydrogen-bond donors (Lipinski definition) is 1. The van der Waals surface area contributed by atoms with Gasteiger partial charge < -0.3 is 10.1 Å². The zero-order valence-electron chi connectivity index (χ0n) is 11.5. The summed E-state index contributed by atoms with van der Waals surface area (Å²) in [6, 6.07) is 0.690. The third-order valence-electron chi connectivity index (χ3n) is 3.16. The van der Waals surface area contributed by atoms with Crippen molar-refractivity contribution in [3.8, 4) is 6.01 Å². The van der Waals surface area contributed by atoms with Crippen molar-refractivity contribution < 1.29 is 4.74 Å². The van der Waals surface area contributed by atoms with Crippen LogP contribution in [0.3, 0.4) is 0 Å². The van der Waals surface area contributed by atoms with Gasteiger partial charge in [0.05, 0.1) is 6.61 Å². The maximum atomic E-state index is 5.89. The first-order chi connectivity index (χ1) is 9.21. The van der Waals surface area contributed by atoms with Crippen LogP contribution in [0.1, 0.15) is 46.0 Å². The Balaban J connectivity index is 1.98. The van der Waals surface area contributed by atoms with Gasteiger partial charge in [-0.2, -0.15) is 15.0 Å². The van der Waals surface area contributed by atoms with E-state index in [4.69, 9.17) is 16.3 Å². The zero-order valence-corrected chi connectivity index (χ0v) is 12.3. The molecule has 1 aliphatic carbocycles. The minimum atomic E-state index is 0.171. The van der Waals surface area contributed by atoms with Crippen molar-refractivity contribution >= 4 is 17.5 Å². The first-order valence-electron chi connectivity index (χ1n) is 7.02. The fourth-order valence-electron chi connectivity index (χ4n) is 1.92. The van der Waals surface area contributed by atoms with E-state index in [1.54, 1.807) is 0 Å². The van der Waals surface area contributed by atoms with Crippen molar-refractivity contribution in [2.45, 2.75) is 52.0 Å². The Labute approximate surface area is 119 Å². The molecule has 1 aromatic heterocycles. The quantitative estimate of drug-likeness (QED) is 0.794. The number of hydrogen-bond acceptors (Lipinski definition) is 5. The first-order valence-corrected chi connectivity index (χ1v) is 7.40. The minimum Gasteiger partial charge on any atom is -0.463 e. The van der Waals surface area contributed by atoms with Gasteiger partial charge in [-0.25, -0.2) is 0 Å². The molecule has 0 aromatic carbocycles. The molecule has 1 saturated carbocycles. The van der Waals surface area contributed by atoms with Crippen LogP contribution in [-0.4, -0.2) is 27.6 Å². The van der Waals surface area contributed by atoms with Gasteiger partial charge in [0, 0.05) is 6.04 Å². The minimum absolute atomic E-state index is 0.171. The Hall–Kier alpha value is -1.10. The molecule has 0 aliphatic heterocycles. The Bertz CT molecular complexity index is 412. The molecular formula is C13H21ClN4O. The SMILES string of the molecule is CCCOc1nc(Cl)nc(NC(CC)CC2CC2)n1. The van der Waals surface area contributed by atoms with Crippen molar-refractivity contribution in [3.63, 3.8) is 0 Å². The molecule has 0 spiro atoms. The standard InChI is InChI=1S/C13H21ClN4O/c1-3-7-19-13-17-11(14)16-12(18-13)15-10(4-2)8-9-5-6-9/h9-10H,3-8H2,1-2H3,(H,15,16,17,18). The number of nitrogens with zero attached hydrogens (tertiary/aromatic N) is 3. The van der Waals surface area contributed by atoms with Crippen LogP contribution >= 0.6 is 11.6 Å². The second-order valence-electron chi connectivity index (χ2n) is 4.99. The number of aromatic nitrogens is 3. The summed E-state index contributed by atoms with van der Waals surface area (Å²) in [5.41, 5.74) is 0. The molecule has 1 N–H and O–H groups in total. The van der Waals surface area contributed by atoms with Gasteiger partial charge in [-0.1, -0.05) is 26.7 Å². The maximum Gasteiger partial charge on any atom is 0.322 e. The predicted molar refractivity (Wildman–Crippen MR) is 75.7 cm³/mol. The second-order valence-corrected chi connectivity index (χ2v) is 5.33. The summed E-state index contributed by atoms with van der Waals surface area (Å²) in [5.74, 6) is 1.38. The van der Waals surface area contributed by atoms with Crippen LogP contribution in [0.15, 0.2) is 0 Å². The van der Waals surface area contributed by atoms with Crippen LogP contribution in [0.2, 0.25) is 5.28 Å². The molecule has 106 valence electrons. The fourth-order valence-corrected chi connectivity index (χ4v) is 2.07. The lowest BCUT2D eigenvalue weighted by atomic mass is 10.1. The largest absolute Gasteiger partial charge is 0.463 e. The van der Waals surface area contributed by atoms with Crippen molar-refractivity contribution in [1.82, 2.24) is 15.0 Å². The smallest absolute Gasteiger partial charge is 0.322 e. The highest BCUT2D eigenvalue weighted by molar-refractivity contribution is 6.28. The van der Waals surface area contributed by atoms with Crippen molar-refractivity contribution in [1.29, 1.82) is 0 Å². The van der Waals surface area contributed by atoms with E-state index in [0.717, 1.165) is 18.8 Å². The molecule has 1 fully saturated rings. The van der Waals surface area contributed by atoms with E-state index in [-0.39, 0.29) is 5.28 Å². The molecule has 19 heavy (non-hydrogen) atoms. The molecule has 0 radical (unpaired) electrons. The van der Waals surface area contributed by atoms with Crippen LogP contribution < -0.4 is 10.1 Å². The number of rotatable bonds is 8. The molecule has 5 nitrogen and oxygen atoms in total. The van der Waals surface area contributed by atoms with E-state index in [1.807, 2.05) is 6.92 Å². The van der Waals surface area contributed by atoms with Crippen LogP contribution in [0.25, 0.3) is 0 Å². The summed E-state index contributed by atoms with van der Waals surface area (Å²) in [5, 5.41) is 3.50. The van der Waals surface area contributed by atoms with E-state index < -0.39 is 0 Å². The zero-order chi connectivity index (χ0) is 13.7. The van der Waals surface area contributed by atoms with Crippen LogP contribution in [-0.2, 0) is 0 Å². The molecule has 6 heteroatoms. The molecule has 1 unspecified atom stereocenters. The second kappa shape index (κ2) is 6.89. The lowest BCUT2D eigenvalue weighted by Crippen LogP contribution is -2.21. The van der Waals surface area contributed by atoms with Gasteiger partial charge in [0.25, 0.3) is 0 Å². The summed E-state index contributed by atoms with van der Waals surface area (Å²) >= 11 is 5.89. The third kappa shape index (κ3) is 4.82. The average molecular weight is 285 g/mol. The van der Waals surface area contributed by atoms with Gasteiger partial charge in [-0.3, -0.25) is 0 Å². The number of anilines is 1. The lowest BCUT2D eigenvalue weighted by Gasteiger charge is -2.16. The van der Waals surface area contributed by atoms with E-state index in [1.165, 1.54) is 19.3 Å². The summed E-state index contributed by atoms with van der Waals surface area (Å²) in [4.78, 5) is 12.3. The predicted octanol–water partition coefficient (Wildman–Crippen LogP) is 3.30. The average Bonchev–Trinajstić information content (AvgIpc) is 3.19. The van der Waals surface area contributed by atoms with Crippen LogP contribution in [0.4, 0.5) is 5.95 Å². The van der Waals surface area contributed by atoms with Crippen molar-refractivity contribution in [2.24, 2.45) is 5.92 Å². The number of halogens is 1. The molecule has 0 amide bonds. The summed E-state index contributed by atoms with van der Waals surface area (Å²) in [7, 11) is 0. The Morgan fingerprint density at radius 2 is 2.11 bits per heavy atom. The molecule has 2 rings (SSSR count). The van der Waals surface area contributed by atoms with Gasteiger partial charge in [0.1, 0.15) is 0 Å². The maximum absolute atomic E-state index is 5.89. The van der Waals surface area contributed by atoms with Crippen LogP contribution in [0, 0.1) is 5.92 Å². The van der Waals surface area contributed by atoms with Gasteiger partial charge in [-0.15, -0.1) is 0 Å².